The Balaban J connectivity index is -0.000000113. The standard InChI is InChI=1S/C9H16O2.C8H14O2.C7H12O2.C6H10O2.C6H12O2.C5H8O2.C5H10O2.C5H12O.C4H9ClO.C4H9FO.C4H8O2.C4H10O.2C3H6O2.C3H8O/c1-8(10)9(11)6-4-2-3-5-7-9;1-7(9)8(10)5-3-2-4-6-8;1-6(8)7(9)4-2-3-5-7;1-5(7)6(8)3-2-4-6;1-4(2)6(8)5(3)7;1-4(6)5(7)2-3-5;1-4(6)5(2,3)7;1-3-5(2)4-6;2*1-4(2-5)3-6;1-3(5)4(2)6;1-4(2)3-5;2*1-3(5)2-4;1-2-3-4/h11H,2-7H2,1H3;10H,2-6H2,1H3;9H,2-5H2,1H3;8H,2-4H2,1H3;4,6,8H,1-3H3;7H,2-3H2,1H3;7H,1-3H3;5-6H,3-4H2,1-2H3;2*4,6H,2-3H2,1H3;3,5H,1-2H3;4-5H,3H2,1-2H3;2*4H,2H2,1H3;4H,2-3H2,1H3. The van der Waals surface area contributed by atoms with E-state index >= 15 is 0 Å². The summed E-state index contributed by atoms with van der Waals surface area (Å²) in [6.45, 7) is 35.6. The van der Waals surface area contributed by atoms with Crippen molar-refractivity contribution in [3.8, 4) is 0 Å². The molecule has 0 aliphatic heterocycles. The highest BCUT2D eigenvalue weighted by Crippen LogP contribution is 2.35. The molecule has 0 radical (unpaired) electrons. The lowest BCUT2D eigenvalue weighted by Crippen LogP contribution is -2.43. The van der Waals surface area contributed by atoms with Gasteiger partial charge in [-0.15, -0.1) is 11.6 Å². The predicted molar refractivity (Wildman–Crippen MR) is 402 cm³/mol. The maximum atomic E-state index is 11.2. The van der Waals surface area contributed by atoms with Crippen LogP contribution < -0.4 is 0 Å². The van der Waals surface area contributed by atoms with Crippen molar-refractivity contribution < 1.29 is 129 Å². The Morgan fingerprint density at radius 2 is 0.621 bits per heavy atom. The van der Waals surface area contributed by atoms with E-state index in [-0.39, 0.29) is 102 Å². The number of carbonyl (C=O) groups is 10. The predicted octanol–water partition coefficient (Wildman–Crippen LogP) is 7.92. The zero-order valence-corrected chi connectivity index (χ0v) is 68.3. The van der Waals surface area contributed by atoms with Gasteiger partial charge in [-0.05, 0) is 204 Å². The SMILES string of the molecule is CC(=O)C(C)(C)O.CC(=O)C(C)O.CC(=O)C(O)C(C)C.CC(=O)C1(O)CC1.CC(=O)C1(O)CCC1.CC(=O)C1(O)CCCC1.CC(=O)C1(O)CCCCC1.CC(=O)C1(O)CCCCCC1.CC(=O)CO.CC(=O)CO.CC(C)CO.CC(CO)CCl.CC(CO)CF.CCC(C)CO.CCCO. The molecule has 15 N–H and O–H groups in total. The third-order valence-corrected chi connectivity index (χ3v) is 16.4. The van der Waals surface area contributed by atoms with Crippen LogP contribution in [0.15, 0.2) is 0 Å². The molecule has 0 aromatic carbocycles. The number of hydrogen-bond acceptors (Lipinski definition) is 25. The number of halogens is 2. The second-order valence-electron chi connectivity index (χ2n) is 28.3. The van der Waals surface area contributed by atoms with E-state index in [0.29, 0.717) is 102 Å². The van der Waals surface area contributed by atoms with E-state index in [9.17, 15) is 67.7 Å². The van der Waals surface area contributed by atoms with Gasteiger partial charge in [0.15, 0.2) is 57.8 Å². The summed E-state index contributed by atoms with van der Waals surface area (Å²) in [5, 5.41) is 129. The summed E-state index contributed by atoms with van der Waals surface area (Å²) < 4.78 is 11.2. The Hall–Kier alpha value is -3.68. The van der Waals surface area contributed by atoms with Gasteiger partial charge in [0.1, 0.15) is 59.0 Å². The fourth-order valence-electron chi connectivity index (χ4n) is 6.50. The van der Waals surface area contributed by atoms with E-state index in [0.717, 1.165) is 77.0 Å². The highest BCUT2D eigenvalue weighted by molar-refractivity contribution is 6.18. The molecule has 0 bridgehead atoms. The van der Waals surface area contributed by atoms with Gasteiger partial charge in [-0.1, -0.05) is 114 Å². The molecule has 0 aromatic rings. The number of hydrogen-bond donors (Lipinski definition) is 15. The molecule has 5 saturated carbocycles. The molecule has 0 aromatic heterocycles. The van der Waals surface area contributed by atoms with Crippen LogP contribution >= 0.6 is 11.6 Å². The van der Waals surface area contributed by atoms with E-state index < -0.39 is 52.5 Å². The molecule has 0 heterocycles. The van der Waals surface area contributed by atoms with E-state index in [2.05, 4.69) is 6.92 Å². The van der Waals surface area contributed by atoms with Gasteiger partial charge >= 0.3 is 0 Å². The van der Waals surface area contributed by atoms with Crippen LogP contribution in [0.3, 0.4) is 0 Å². The second kappa shape index (κ2) is 71.3. The third kappa shape index (κ3) is 80.7. The first-order valence-corrected chi connectivity index (χ1v) is 36.7. The molecular weight excluding hydrogens is 1370 g/mol. The van der Waals surface area contributed by atoms with Crippen molar-refractivity contribution in [2.45, 2.75) is 339 Å². The number of alkyl halides is 2. The van der Waals surface area contributed by atoms with Crippen LogP contribution in [0.5, 0.6) is 0 Å². The topological polar surface area (TPSA) is 474 Å². The summed E-state index contributed by atoms with van der Waals surface area (Å²) >= 11 is 5.29. The molecule has 5 fully saturated rings. The quantitative estimate of drug-likeness (QED) is 0.0431. The van der Waals surface area contributed by atoms with Crippen LogP contribution in [0.25, 0.3) is 0 Å². The number of Topliss-reactive ketones (excluding diaryl/α,β-unsaturated/α-hetero) is 10. The Labute approximate surface area is 623 Å². The Morgan fingerprint density at radius 3 is 0.680 bits per heavy atom. The zero-order valence-electron chi connectivity index (χ0n) is 67.5. The van der Waals surface area contributed by atoms with Crippen molar-refractivity contribution in [1.82, 2.24) is 0 Å². The minimum atomic E-state index is -1.14. The molecule has 5 rings (SSSR count). The van der Waals surface area contributed by atoms with Gasteiger partial charge in [0.2, 0.25) is 0 Å². The molecule has 5 aliphatic rings. The van der Waals surface area contributed by atoms with E-state index in [1.165, 1.54) is 90.0 Å². The fraction of sp³-hybridized carbons (Fsp3) is 0.868. The van der Waals surface area contributed by atoms with Gasteiger partial charge in [0.05, 0.1) is 6.67 Å². The molecule has 27 heteroatoms. The Morgan fingerprint density at radius 1 is 0.408 bits per heavy atom. The average Bonchev–Trinajstić information content (AvgIpc) is 1.79. The van der Waals surface area contributed by atoms with Crippen LogP contribution in [0, 0.1) is 29.6 Å². The minimum Gasteiger partial charge on any atom is -0.396 e. The van der Waals surface area contributed by atoms with Gasteiger partial charge in [0, 0.05) is 44.8 Å². The molecule has 0 saturated heterocycles. The highest BCUT2D eigenvalue weighted by Gasteiger charge is 2.45. The lowest BCUT2D eigenvalue weighted by atomic mass is 9.78. The lowest BCUT2D eigenvalue weighted by Gasteiger charge is -2.33. The van der Waals surface area contributed by atoms with Gasteiger partial charge in [-0.2, -0.15) is 0 Å². The first-order chi connectivity index (χ1) is 47.0. The summed E-state index contributed by atoms with van der Waals surface area (Å²) in [5.74, 6) is 0.334. The van der Waals surface area contributed by atoms with E-state index in [1.807, 2.05) is 48.5 Å². The summed E-state index contributed by atoms with van der Waals surface area (Å²) in [6, 6.07) is 0. The number of aliphatic hydroxyl groups excluding tert-OH is 9. The lowest BCUT2D eigenvalue weighted by molar-refractivity contribution is -0.143. The summed E-state index contributed by atoms with van der Waals surface area (Å²) in [4.78, 5) is 103. The molecule has 5 atom stereocenters. The van der Waals surface area contributed by atoms with Crippen molar-refractivity contribution in [2.75, 3.05) is 58.8 Å². The Kier molecular flexibility index (Phi) is 83.3. The molecule has 0 spiro atoms. The van der Waals surface area contributed by atoms with Crippen molar-refractivity contribution in [1.29, 1.82) is 0 Å². The zero-order chi connectivity index (χ0) is 83.7. The largest absolute Gasteiger partial charge is 0.396 e. The van der Waals surface area contributed by atoms with Crippen molar-refractivity contribution in [3.63, 3.8) is 0 Å². The first-order valence-electron chi connectivity index (χ1n) is 36.2. The van der Waals surface area contributed by atoms with Crippen molar-refractivity contribution in [2.24, 2.45) is 29.6 Å². The number of aliphatic hydroxyl groups is 15. The number of carbonyl (C=O) groups excluding carboxylic acids is 10. The number of rotatable bonds is 19. The van der Waals surface area contributed by atoms with Crippen molar-refractivity contribution >= 4 is 69.4 Å². The third-order valence-electron chi connectivity index (χ3n) is 15.9. The van der Waals surface area contributed by atoms with Crippen LogP contribution in [0.1, 0.15) is 294 Å². The summed E-state index contributed by atoms with van der Waals surface area (Å²) in [7, 11) is 0. The van der Waals surface area contributed by atoms with E-state index in [4.69, 9.17) is 72.9 Å². The maximum Gasteiger partial charge on any atom is 0.161 e. The average molecular weight is 1520 g/mol. The molecule has 618 valence electrons. The molecule has 5 unspecified atom stereocenters. The molecule has 0 amide bonds. The number of ketones is 10. The van der Waals surface area contributed by atoms with Crippen LogP contribution in [0.2, 0.25) is 0 Å². The van der Waals surface area contributed by atoms with Gasteiger partial charge in [0.25, 0.3) is 0 Å². The van der Waals surface area contributed by atoms with Crippen LogP contribution in [-0.2, 0) is 47.9 Å². The molecule has 5 aliphatic carbocycles. The molecule has 103 heavy (non-hydrogen) atoms. The van der Waals surface area contributed by atoms with Gasteiger partial charge < -0.3 is 76.6 Å². The van der Waals surface area contributed by atoms with Gasteiger partial charge in [-0.25, -0.2) is 0 Å². The normalized spacial score (nSPS) is 17.3. The molecule has 25 nitrogen and oxygen atoms in total. The second-order valence-corrected chi connectivity index (χ2v) is 28.6. The maximum absolute atomic E-state index is 11.2. The molecular formula is C76H150ClFO25. The first kappa shape index (κ1) is 120. The highest BCUT2D eigenvalue weighted by atomic mass is 35.5. The van der Waals surface area contributed by atoms with Gasteiger partial charge in [-0.3, -0.25) is 52.3 Å². The monoisotopic (exact) mass is 1520 g/mol. The van der Waals surface area contributed by atoms with E-state index in [1.54, 1.807) is 6.92 Å². The minimum absolute atomic E-state index is 0.0451. The Bertz CT molecular complexity index is 2070. The summed E-state index contributed by atoms with van der Waals surface area (Å²) in [6.07, 6.45) is 17.5. The van der Waals surface area contributed by atoms with Crippen LogP contribution in [0.4, 0.5) is 4.39 Å². The summed E-state index contributed by atoms with van der Waals surface area (Å²) in [5.41, 5.74) is -5.82. The fourth-order valence-corrected chi connectivity index (χ4v) is 6.59. The van der Waals surface area contributed by atoms with Crippen LogP contribution in [-0.4, -0.2) is 239 Å². The van der Waals surface area contributed by atoms with Crippen molar-refractivity contribution in [3.05, 3.63) is 0 Å². The smallest absolute Gasteiger partial charge is 0.161 e.